The van der Waals surface area contributed by atoms with E-state index in [2.05, 4.69) is 10.0 Å². The highest BCUT2D eigenvalue weighted by atomic mass is 32.2. The van der Waals surface area contributed by atoms with E-state index in [1.54, 1.807) is 24.3 Å². The summed E-state index contributed by atoms with van der Waals surface area (Å²) in [6, 6.07) is 12.7. The molecule has 2 rings (SSSR count). The quantitative estimate of drug-likeness (QED) is 0.392. The number of thioether (sulfide) groups is 1. The lowest BCUT2D eigenvalue weighted by atomic mass is 10.2. The normalized spacial score (nSPS) is 11.2. The summed E-state index contributed by atoms with van der Waals surface area (Å²) in [7, 11) is -2.28. The molecule has 4 N–H and O–H groups in total. The molecule has 0 fully saturated rings. The maximum absolute atomic E-state index is 12.6. The topological polar surface area (TPSA) is 128 Å². The van der Waals surface area contributed by atoms with Gasteiger partial charge in [0.2, 0.25) is 15.9 Å². The van der Waals surface area contributed by atoms with Crippen LogP contribution in [0.15, 0.2) is 58.3 Å². The molecule has 0 aliphatic rings. The Kier molecular flexibility index (Phi) is 8.00. The lowest BCUT2D eigenvalue weighted by Gasteiger charge is -2.11. The van der Waals surface area contributed by atoms with Crippen LogP contribution in [0.25, 0.3) is 0 Å². The number of carbonyl (C=O) groups is 2. The van der Waals surface area contributed by atoms with E-state index in [-0.39, 0.29) is 29.4 Å². The van der Waals surface area contributed by atoms with Crippen molar-refractivity contribution in [1.29, 1.82) is 0 Å². The van der Waals surface area contributed by atoms with Gasteiger partial charge in [-0.25, -0.2) is 13.1 Å². The van der Waals surface area contributed by atoms with Crippen LogP contribution in [0, 0.1) is 0 Å². The van der Waals surface area contributed by atoms with Crippen molar-refractivity contribution in [2.45, 2.75) is 9.79 Å². The zero-order chi connectivity index (χ0) is 20.6. The highest BCUT2D eigenvalue weighted by Gasteiger charge is 2.16. The van der Waals surface area contributed by atoms with Gasteiger partial charge in [0, 0.05) is 24.1 Å². The van der Waals surface area contributed by atoms with E-state index >= 15 is 0 Å². The predicted molar refractivity (Wildman–Crippen MR) is 108 cm³/mol. The van der Waals surface area contributed by atoms with Crippen LogP contribution in [-0.4, -0.2) is 46.2 Å². The molecule has 0 bridgehead atoms. The minimum absolute atomic E-state index is 0.0207. The van der Waals surface area contributed by atoms with Crippen LogP contribution in [0.5, 0.6) is 0 Å². The Labute approximate surface area is 167 Å². The van der Waals surface area contributed by atoms with E-state index in [1.807, 2.05) is 0 Å². The van der Waals surface area contributed by atoms with E-state index in [4.69, 9.17) is 10.5 Å². The third-order valence-electron chi connectivity index (χ3n) is 3.51. The minimum Gasteiger partial charge on any atom is -0.383 e. The first-order valence-corrected chi connectivity index (χ1v) is 10.7. The smallest absolute Gasteiger partial charge is 0.255 e. The van der Waals surface area contributed by atoms with Gasteiger partial charge in [0.1, 0.15) is 0 Å². The van der Waals surface area contributed by atoms with Crippen LogP contribution in [0.1, 0.15) is 10.4 Å². The number of nitrogens with one attached hydrogen (secondary N) is 2. The molecule has 0 spiro atoms. The molecule has 0 saturated heterocycles. The molecule has 2 amide bonds. The van der Waals surface area contributed by atoms with Crippen molar-refractivity contribution in [2.75, 3.05) is 31.3 Å². The molecule has 0 atom stereocenters. The van der Waals surface area contributed by atoms with Crippen molar-refractivity contribution in [1.82, 2.24) is 4.72 Å². The monoisotopic (exact) mass is 423 g/mol. The second-order valence-corrected chi connectivity index (χ2v) is 8.41. The summed E-state index contributed by atoms with van der Waals surface area (Å²) in [5.74, 6) is -0.862. The van der Waals surface area contributed by atoms with Crippen LogP contribution in [0.4, 0.5) is 5.69 Å². The Hall–Kier alpha value is -2.40. The summed E-state index contributed by atoms with van der Waals surface area (Å²) in [6.07, 6.45) is 0. The summed E-state index contributed by atoms with van der Waals surface area (Å²) in [4.78, 5) is 24.3. The highest BCUT2D eigenvalue weighted by Crippen LogP contribution is 2.27. The molecule has 150 valence electrons. The summed E-state index contributed by atoms with van der Waals surface area (Å²) < 4.78 is 31.8. The van der Waals surface area contributed by atoms with Gasteiger partial charge in [0.05, 0.1) is 22.9 Å². The number of hydrogen-bond acceptors (Lipinski definition) is 6. The van der Waals surface area contributed by atoms with Crippen LogP contribution in [0.3, 0.4) is 0 Å². The molecule has 2 aromatic carbocycles. The van der Waals surface area contributed by atoms with Crippen LogP contribution < -0.4 is 15.8 Å². The van der Waals surface area contributed by atoms with Gasteiger partial charge in [0.25, 0.3) is 5.91 Å². The average molecular weight is 424 g/mol. The average Bonchev–Trinajstić information content (AvgIpc) is 2.67. The zero-order valence-electron chi connectivity index (χ0n) is 15.2. The van der Waals surface area contributed by atoms with Gasteiger partial charge in [-0.3, -0.25) is 9.59 Å². The van der Waals surface area contributed by atoms with Gasteiger partial charge < -0.3 is 15.8 Å². The number of carbonyl (C=O) groups excluding carboxylic acids is 2. The number of benzene rings is 2. The molecule has 0 radical (unpaired) electrons. The Morgan fingerprint density at radius 3 is 2.61 bits per heavy atom. The van der Waals surface area contributed by atoms with Crippen molar-refractivity contribution in [2.24, 2.45) is 5.73 Å². The van der Waals surface area contributed by atoms with Crippen molar-refractivity contribution in [3.8, 4) is 0 Å². The van der Waals surface area contributed by atoms with Crippen molar-refractivity contribution >= 4 is 39.3 Å². The number of methoxy groups -OCH3 is 1. The first-order chi connectivity index (χ1) is 13.3. The number of ether oxygens (including phenoxy) is 1. The molecule has 0 saturated carbocycles. The largest absolute Gasteiger partial charge is 0.383 e. The lowest BCUT2D eigenvalue weighted by Crippen LogP contribution is -2.27. The number of anilines is 1. The van der Waals surface area contributed by atoms with Crippen molar-refractivity contribution in [3.05, 3.63) is 54.1 Å². The molecule has 0 aliphatic heterocycles. The van der Waals surface area contributed by atoms with Gasteiger partial charge in [-0.1, -0.05) is 18.2 Å². The molecule has 2 aromatic rings. The third kappa shape index (κ3) is 6.34. The molecule has 0 unspecified atom stereocenters. The highest BCUT2D eigenvalue weighted by molar-refractivity contribution is 8.00. The molecular formula is C18H21N3O5S2. The first-order valence-electron chi connectivity index (χ1n) is 8.23. The first kappa shape index (κ1) is 21.9. The fraction of sp³-hybridized carbons (Fsp3) is 0.222. The number of primary amides is 1. The SMILES string of the molecule is COCCNS(=O)(=O)c1cccc(C(=O)Nc2ccccc2SCC(N)=O)c1. The van der Waals surface area contributed by atoms with E-state index in [0.717, 1.165) is 0 Å². The number of nitrogens with two attached hydrogens (primary N) is 1. The minimum atomic E-state index is -3.75. The maximum Gasteiger partial charge on any atom is 0.255 e. The van der Waals surface area contributed by atoms with E-state index in [0.29, 0.717) is 10.6 Å². The molecule has 0 aliphatic carbocycles. The van der Waals surface area contributed by atoms with Crippen LogP contribution >= 0.6 is 11.8 Å². The van der Waals surface area contributed by atoms with Crippen LogP contribution in [0.2, 0.25) is 0 Å². The lowest BCUT2D eigenvalue weighted by molar-refractivity contribution is -0.115. The van der Waals surface area contributed by atoms with Crippen molar-refractivity contribution in [3.63, 3.8) is 0 Å². The second-order valence-electron chi connectivity index (χ2n) is 5.62. The third-order valence-corrected chi connectivity index (χ3v) is 6.06. The van der Waals surface area contributed by atoms with Crippen LogP contribution in [-0.2, 0) is 19.6 Å². The fourth-order valence-corrected chi connectivity index (χ4v) is 4.01. The number of sulfonamides is 1. The summed E-state index contributed by atoms with van der Waals surface area (Å²) in [5.41, 5.74) is 5.86. The Morgan fingerprint density at radius 1 is 1.14 bits per heavy atom. The van der Waals surface area contributed by atoms with Gasteiger partial charge in [-0.05, 0) is 30.3 Å². The van der Waals surface area contributed by atoms with Gasteiger partial charge in [0.15, 0.2) is 0 Å². The summed E-state index contributed by atoms with van der Waals surface area (Å²) >= 11 is 1.20. The molecule has 0 heterocycles. The van der Waals surface area contributed by atoms with E-state index < -0.39 is 21.8 Å². The van der Waals surface area contributed by atoms with E-state index in [9.17, 15) is 18.0 Å². The number of rotatable bonds is 10. The molecular weight excluding hydrogens is 402 g/mol. The van der Waals surface area contributed by atoms with E-state index in [1.165, 1.54) is 43.1 Å². The summed E-state index contributed by atoms with van der Waals surface area (Å²) in [5, 5.41) is 2.73. The standard InChI is InChI=1S/C18H21N3O5S2/c1-26-10-9-20-28(24,25)14-6-4-5-13(11-14)18(23)21-15-7-2-3-8-16(15)27-12-17(19)22/h2-8,11,20H,9-10,12H2,1H3,(H2,19,22)(H,21,23). The molecule has 0 aromatic heterocycles. The predicted octanol–water partition coefficient (Wildman–Crippen LogP) is 1.44. The molecule has 28 heavy (non-hydrogen) atoms. The van der Waals surface area contributed by atoms with Gasteiger partial charge >= 0.3 is 0 Å². The fourth-order valence-electron chi connectivity index (χ4n) is 2.21. The Bertz CT molecular complexity index is 948. The number of amides is 2. The molecule has 8 nitrogen and oxygen atoms in total. The van der Waals surface area contributed by atoms with Gasteiger partial charge in [-0.2, -0.15) is 0 Å². The summed E-state index contributed by atoms with van der Waals surface area (Å²) in [6.45, 7) is 0.360. The second kappa shape index (κ2) is 10.2. The van der Waals surface area contributed by atoms with Gasteiger partial charge in [-0.15, -0.1) is 11.8 Å². The zero-order valence-corrected chi connectivity index (χ0v) is 16.8. The molecule has 10 heteroatoms. The number of para-hydroxylation sites is 1. The Morgan fingerprint density at radius 2 is 1.89 bits per heavy atom. The van der Waals surface area contributed by atoms with Crippen molar-refractivity contribution < 1.29 is 22.7 Å². The Balaban J connectivity index is 2.17. The maximum atomic E-state index is 12.6. The number of hydrogen-bond donors (Lipinski definition) is 3.